The minimum Gasteiger partial charge on any atom is -0.465 e. The van der Waals surface area contributed by atoms with Crippen LogP contribution in [0.25, 0.3) is 0 Å². The van der Waals surface area contributed by atoms with E-state index in [1.54, 1.807) is 18.3 Å². The third kappa shape index (κ3) is 4.84. The standard InChI is InChI=1S/C16H25NO3S/c1-6-11(12-9-8-10-21-12)17-14(18)13(16(3,4)5)15(19)20-7-2/h8-11,13H,6-7H2,1-5H3,(H,17,18). The zero-order chi connectivity index (χ0) is 16.0. The van der Waals surface area contributed by atoms with E-state index in [0.29, 0.717) is 0 Å². The lowest BCUT2D eigenvalue weighted by molar-refractivity contribution is -0.156. The fourth-order valence-corrected chi connectivity index (χ4v) is 3.06. The number of ether oxygens (including phenoxy) is 1. The summed E-state index contributed by atoms with van der Waals surface area (Å²) in [7, 11) is 0. The van der Waals surface area contributed by atoms with Gasteiger partial charge in [0, 0.05) is 4.88 Å². The van der Waals surface area contributed by atoms with Gasteiger partial charge in [0.15, 0.2) is 0 Å². The molecule has 0 aliphatic carbocycles. The zero-order valence-electron chi connectivity index (χ0n) is 13.4. The van der Waals surface area contributed by atoms with Crippen molar-refractivity contribution in [2.45, 2.75) is 47.1 Å². The van der Waals surface area contributed by atoms with Crippen LogP contribution in [-0.4, -0.2) is 18.5 Å². The van der Waals surface area contributed by atoms with Crippen LogP contribution in [0.5, 0.6) is 0 Å². The number of hydrogen-bond donors (Lipinski definition) is 1. The van der Waals surface area contributed by atoms with Gasteiger partial charge >= 0.3 is 5.97 Å². The highest BCUT2D eigenvalue weighted by Gasteiger charge is 2.39. The minimum atomic E-state index is -0.800. The first-order chi connectivity index (χ1) is 9.81. The smallest absolute Gasteiger partial charge is 0.319 e. The van der Waals surface area contributed by atoms with Gasteiger partial charge in [0.25, 0.3) is 0 Å². The molecule has 1 aromatic rings. The Hall–Kier alpha value is -1.36. The molecule has 2 atom stereocenters. The Balaban J connectivity index is 2.88. The fourth-order valence-electron chi connectivity index (χ4n) is 2.20. The van der Waals surface area contributed by atoms with Crippen LogP contribution in [0.3, 0.4) is 0 Å². The van der Waals surface area contributed by atoms with Crippen molar-refractivity contribution in [3.63, 3.8) is 0 Å². The molecule has 1 amide bonds. The molecule has 0 aliphatic heterocycles. The Morgan fingerprint density at radius 1 is 1.33 bits per heavy atom. The SMILES string of the molecule is CCOC(=O)C(C(=O)NC(CC)c1cccs1)C(C)(C)C. The molecule has 0 spiro atoms. The highest BCUT2D eigenvalue weighted by Crippen LogP contribution is 2.29. The monoisotopic (exact) mass is 311 g/mol. The van der Waals surface area contributed by atoms with E-state index in [-0.39, 0.29) is 18.6 Å². The van der Waals surface area contributed by atoms with Crippen LogP contribution in [0.15, 0.2) is 17.5 Å². The van der Waals surface area contributed by atoms with E-state index in [1.165, 1.54) is 0 Å². The van der Waals surface area contributed by atoms with Crippen molar-refractivity contribution in [2.24, 2.45) is 11.3 Å². The average Bonchev–Trinajstić information content (AvgIpc) is 2.88. The van der Waals surface area contributed by atoms with E-state index < -0.39 is 17.3 Å². The number of nitrogens with one attached hydrogen (secondary N) is 1. The molecule has 4 nitrogen and oxygen atoms in total. The number of thiophene rings is 1. The van der Waals surface area contributed by atoms with E-state index >= 15 is 0 Å². The van der Waals surface area contributed by atoms with Crippen molar-refractivity contribution in [1.82, 2.24) is 5.32 Å². The molecule has 0 fully saturated rings. The maximum Gasteiger partial charge on any atom is 0.319 e. The largest absolute Gasteiger partial charge is 0.465 e. The molecule has 118 valence electrons. The topological polar surface area (TPSA) is 55.4 Å². The number of carbonyl (C=O) groups excluding carboxylic acids is 2. The Labute approximate surface area is 130 Å². The number of esters is 1. The van der Waals surface area contributed by atoms with Gasteiger partial charge in [-0.1, -0.05) is 33.8 Å². The Morgan fingerprint density at radius 3 is 2.43 bits per heavy atom. The van der Waals surface area contributed by atoms with Crippen molar-refractivity contribution >= 4 is 23.2 Å². The lowest BCUT2D eigenvalue weighted by Gasteiger charge is -2.29. The molecule has 0 saturated carbocycles. The summed E-state index contributed by atoms with van der Waals surface area (Å²) in [6.07, 6.45) is 0.784. The summed E-state index contributed by atoms with van der Waals surface area (Å²) in [5.41, 5.74) is -0.482. The van der Waals surface area contributed by atoms with Crippen molar-refractivity contribution in [3.05, 3.63) is 22.4 Å². The summed E-state index contributed by atoms with van der Waals surface area (Å²) < 4.78 is 5.06. The lowest BCUT2D eigenvalue weighted by atomic mass is 9.80. The highest BCUT2D eigenvalue weighted by atomic mass is 32.1. The van der Waals surface area contributed by atoms with Crippen molar-refractivity contribution in [2.75, 3.05) is 6.61 Å². The van der Waals surface area contributed by atoms with Gasteiger partial charge in [0.05, 0.1) is 12.6 Å². The van der Waals surface area contributed by atoms with E-state index in [0.717, 1.165) is 11.3 Å². The van der Waals surface area contributed by atoms with Gasteiger partial charge in [0.1, 0.15) is 5.92 Å². The maximum absolute atomic E-state index is 12.6. The van der Waals surface area contributed by atoms with Crippen LogP contribution in [0.2, 0.25) is 0 Å². The molecule has 0 saturated heterocycles. The predicted molar refractivity (Wildman–Crippen MR) is 85.1 cm³/mol. The normalized spacial score (nSPS) is 14.3. The molecular formula is C16H25NO3S. The highest BCUT2D eigenvalue weighted by molar-refractivity contribution is 7.10. The lowest BCUT2D eigenvalue weighted by Crippen LogP contribution is -2.44. The van der Waals surface area contributed by atoms with Gasteiger partial charge in [-0.3, -0.25) is 9.59 Å². The average molecular weight is 311 g/mol. The third-order valence-electron chi connectivity index (χ3n) is 3.26. The van der Waals surface area contributed by atoms with E-state index in [1.807, 2.05) is 45.2 Å². The van der Waals surface area contributed by atoms with Crippen LogP contribution in [0, 0.1) is 11.3 Å². The zero-order valence-corrected chi connectivity index (χ0v) is 14.3. The molecule has 0 bridgehead atoms. The Kier molecular flexibility index (Phi) is 6.40. The van der Waals surface area contributed by atoms with Crippen molar-refractivity contribution in [1.29, 1.82) is 0 Å². The molecule has 0 aromatic carbocycles. The molecule has 0 aliphatic rings. The summed E-state index contributed by atoms with van der Waals surface area (Å²) in [4.78, 5) is 25.8. The van der Waals surface area contributed by atoms with Crippen molar-refractivity contribution < 1.29 is 14.3 Å². The molecular weight excluding hydrogens is 286 g/mol. The molecule has 2 unspecified atom stereocenters. The van der Waals surface area contributed by atoms with E-state index in [9.17, 15) is 9.59 Å². The second kappa shape index (κ2) is 7.59. The molecule has 0 radical (unpaired) electrons. The Bertz CT molecular complexity index is 462. The summed E-state index contributed by atoms with van der Waals surface area (Å²) >= 11 is 1.60. The third-order valence-corrected chi connectivity index (χ3v) is 4.25. The van der Waals surface area contributed by atoms with Gasteiger partial charge in [0.2, 0.25) is 5.91 Å². The van der Waals surface area contributed by atoms with Crippen LogP contribution in [0.1, 0.15) is 52.0 Å². The fraction of sp³-hybridized carbons (Fsp3) is 0.625. The van der Waals surface area contributed by atoms with Gasteiger partial charge in [-0.15, -0.1) is 11.3 Å². The van der Waals surface area contributed by atoms with Gasteiger partial charge in [-0.2, -0.15) is 0 Å². The maximum atomic E-state index is 12.6. The molecule has 1 heterocycles. The van der Waals surface area contributed by atoms with Crippen LogP contribution < -0.4 is 5.32 Å². The summed E-state index contributed by atoms with van der Waals surface area (Å²) in [5.74, 6) is -1.52. The summed E-state index contributed by atoms with van der Waals surface area (Å²) in [6.45, 7) is 9.67. The van der Waals surface area contributed by atoms with Crippen molar-refractivity contribution in [3.8, 4) is 0 Å². The molecule has 21 heavy (non-hydrogen) atoms. The first-order valence-electron chi connectivity index (χ1n) is 7.31. The molecule has 5 heteroatoms. The summed E-state index contributed by atoms with van der Waals surface area (Å²) in [6, 6.07) is 3.90. The van der Waals surface area contributed by atoms with E-state index in [2.05, 4.69) is 5.32 Å². The minimum absolute atomic E-state index is 0.0585. The van der Waals surface area contributed by atoms with Crippen LogP contribution >= 0.6 is 11.3 Å². The van der Waals surface area contributed by atoms with Crippen LogP contribution in [-0.2, 0) is 14.3 Å². The number of carbonyl (C=O) groups is 2. The first kappa shape index (κ1) is 17.7. The quantitative estimate of drug-likeness (QED) is 0.646. The number of rotatable bonds is 6. The second-order valence-corrected chi connectivity index (χ2v) is 7.02. The molecule has 1 rings (SSSR count). The van der Waals surface area contributed by atoms with Crippen LogP contribution in [0.4, 0.5) is 0 Å². The number of hydrogen-bond acceptors (Lipinski definition) is 4. The van der Waals surface area contributed by atoms with Gasteiger partial charge < -0.3 is 10.1 Å². The molecule has 1 N–H and O–H groups in total. The van der Waals surface area contributed by atoms with Gasteiger partial charge in [-0.05, 0) is 30.2 Å². The Morgan fingerprint density at radius 2 is 2.00 bits per heavy atom. The predicted octanol–water partition coefficient (Wildman–Crippen LogP) is 3.54. The second-order valence-electron chi connectivity index (χ2n) is 6.04. The molecule has 1 aromatic heterocycles. The first-order valence-corrected chi connectivity index (χ1v) is 8.19. The summed E-state index contributed by atoms with van der Waals surface area (Å²) in [5, 5.41) is 4.97. The van der Waals surface area contributed by atoms with Gasteiger partial charge in [-0.25, -0.2) is 0 Å². The number of amides is 1. The van der Waals surface area contributed by atoms with E-state index in [4.69, 9.17) is 4.74 Å².